The molecule has 1 aromatic rings. The van der Waals surface area contributed by atoms with Crippen molar-refractivity contribution in [2.45, 2.75) is 29.9 Å². The third kappa shape index (κ3) is 4.76. The van der Waals surface area contributed by atoms with Crippen molar-refractivity contribution >= 4 is 23.4 Å². The number of carbonyl (C=O) groups excluding carboxylic acids is 1. The Morgan fingerprint density at radius 1 is 1.45 bits per heavy atom. The number of hydrogen-bond acceptors (Lipinski definition) is 3. The summed E-state index contributed by atoms with van der Waals surface area (Å²) in [6, 6.07) is 6.66. The van der Waals surface area contributed by atoms with Crippen LogP contribution in [0, 0.1) is 5.92 Å². The highest BCUT2D eigenvalue weighted by molar-refractivity contribution is 7.99. The number of para-hydroxylation sites is 1. The third-order valence-corrected chi connectivity index (χ3v) is 4.11. The van der Waals surface area contributed by atoms with Gasteiger partial charge in [-0.1, -0.05) is 23.9 Å². The summed E-state index contributed by atoms with van der Waals surface area (Å²) in [5.41, 5.74) is 0.465. The van der Waals surface area contributed by atoms with Crippen LogP contribution in [0.1, 0.15) is 19.3 Å². The van der Waals surface area contributed by atoms with Crippen LogP contribution >= 0.6 is 11.8 Å². The van der Waals surface area contributed by atoms with E-state index in [4.69, 9.17) is 0 Å². The summed E-state index contributed by atoms with van der Waals surface area (Å²) in [6.45, 7) is 1.98. The van der Waals surface area contributed by atoms with Crippen molar-refractivity contribution in [1.82, 2.24) is 5.32 Å². The van der Waals surface area contributed by atoms with E-state index >= 15 is 0 Å². The van der Waals surface area contributed by atoms with E-state index in [2.05, 4.69) is 10.6 Å². The molecular formula is C14H18F2N2OS. The summed E-state index contributed by atoms with van der Waals surface area (Å²) >= 11 is 0.452. The predicted octanol–water partition coefficient (Wildman–Crippen LogP) is 3.33. The van der Waals surface area contributed by atoms with Gasteiger partial charge in [0.25, 0.3) is 5.76 Å². The van der Waals surface area contributed by atoms with E-state index in [1.165, 1.54) is 0 Å². The summed E-state index contributed by atoms with van der Waals surface area (Å²) in [4.78, 5) is 12.3. The Morgan fingerprint density at radius 2 is 2.25 bits per heavy atom. The zero-order valence-corrected chi connectivity index (χ0v) is 11.9. The Balaban J connectivity index is 1.86. The highest BCUT2D eigenvalue weighted by Crippen LogP contribution is 2.31. The van der Waals surface area contributed by atoms with Gasteiger partial charge < -0.3 is 10.6 Å². The van der Waals surface area contributed by atoms with E-state index in [1.807, 2.05) is 0 Å². The molecule has 2 rings (SSSR count). The van der Waals surface area contributed by atoms with Gasteiger partial charge in [0.05, 0.1) is 5.69 Å². The number of benzene rings is 1. The van der Waals surface area contributed by atoms with E-state index in [9.17, 15) is 13.6 Å². The minimum atomic E-state index is -2.49. The molecule has 110 valence electrons. The lowest BCUT2D eigenvalue weighted by atomic mass is 10.0. The molecule has 6 heteroatoms. The predicted molar refractivity (Wildman–Crippen MR) is 77.1 cm³/mol. The number of carbonyl (C=O) groups is 1. The molecule has 0 aromatic heterocycles. The maximum atomic E-state index is 12.4. The van der Waals surface area contributed by atoms with Crippen molar-refractivity contribution < 1.29 is 13.6 Å². The maximum absolute atomic E-state index is 12.4. The lowest BCUT2D eigenvalue weighted by Crippen LogP contribution is -2.15. The van der Waals surface area contributed by atoms with Crippen LogP contribution in [-0.2, 0) is 4.79 Å². The van der Waals surface area contributed by atoms with Gasteiger partial charge in [0.15, 0.2) is 0 Å². The Labute approximate surface area is 121 Å². The van der Waals surface area contributed by atoms with Gasteiger partial charge in [0.2, 0.25) is 5.91 Å². The van der Waals surface area contributed by atoms with Crippen LogP contribution < -0.4 is 10.6 Å². The van der Waals surface area contributed by atoms with Gasteiger partial charge in [-0.15, -0.1) is 0 Å². The van der Waals surface area contributed by atoms with Crippen molar-refractivity contribution in [3.63, 3.8) is 0 Å². The second-order valence-corrected chi connectivity index (χ2v) is 5.85. The zero-order chi connectivity index (χ0) is 14.4. The smallest absolute Gasteiger partial charge is 0.288 e. The van der Waals surface area contributed by atoms with Gasteiger partial charge in [-0.2, -0.15) is 8.78 Å². The Kier molecular flexibility index (Phi) is 5.79. The van der Waals surface area contributed by atoms with E-state index in [0.29, 0.717) is 34.7 Å². The number of anilines is 1. The first kappa shape index (κ1) is 15.3. The quantitative estimate of drug-likeness (QED) is 0.792. The molecule has 1 fully saturated rings. The summed E-state index contributed by atoms with van der Waals surface area (Å²) < 4.78 is 24.9. The molecule has 0 aliphatic carbocycles. The van der Waals surface area contributed by atoms with Crippen LogP contribution in [0.25, 0.3) is 0 Å². The van der Waals surface area contributed by atoms with Crippen LogP contribution in [0.4, 0.5) is 14.5 Å². The van der Waals surface area contributed by atoms with E-state index < -0.39 is 5.76 Å². The SMILES string of the molecule is O=C(CCC1CCNC1)Nc1ccccc1SC(F)F. The molecule has 1 saturated heterocycles. The first-order valence-electron chi connectivity index (χ1n) is 6.69. The number of nitrogens with one attached hydrogen (secondary N) is 2. The molecule has 1 atom stereocenters. The Bertz CT molecular complexity index is 451. The molecule has 1 amide bonds. The molecular weight excluding hydrogens is 282 g/mol. The average Bonchev–Trinajstić information content (AvgIpc) is 2.91. The third-order valence-electron chi connectivity index (χ3n) is 3.32. The van der Waals surface area contributed by atoms with Crippen LogP contribution in [0.5, 0.6) is 0 Å². The fourth-order valence-corrected chi connectivity index (χ4v) is 2.87. The first-order chi connectivity index (χ1) is 9.65. The molecule has 0 spiro atoms. The molecule has 20 heavy (non-hydrogen) atoms. The molecule has 1 heterocycles. The first-order valence-corrected chi connectivity index (χ1v) is 7.57. The lowest BCUT2D eigenvalue weighted by Gasteiger charge is -2.11. The lowest BCUT2D eigenvalue weighted by molar-refractivity contribution is -0.116. The monoisotopic (exact) mass is 300 g/mol. The van der Waals surface area contributed by atoms with Crippen LogP contribution in [0.3, 0.4) is 0 Å². The van der Waals surface area contributed by atoms with Gasteiger partial charge in [0.1, 0.15) is 0 Å². The number of halogens is 2. The second kappa shape index (κ2) is 7.59. The minimum absolute atomic E-state index is 0.112. The molecule has 1 unspecified atom stereocenters. The van der Waals surface area contributed by atoms with E-state index in [-0.39, 0.29) is 5.91 Å². The van der Waals surface area contributed by atoms with Gasteiger partial charge in [-0.05, 0) is 44.0 Å². The van der Waals surface area contributed by atoms with Crippen molar-refractivity contribution in [3.8, 4) is 0 Å². The van der Waals surface area contributed by atoms with Crippen molar-refractivity contribution in [2.75, 3.05) is 18.4 Å². The van der Waals surface area contributed by atoms with Crippen LogP contribution in [-0.4, -0.2) is 24.8 Å². The Hall–Kier alpha value is -1.14. The summed E-state index contributed by atoms with van der Waals surface area (Å²) in [5, 5.41) is 5.98. The molecule has 1 aliphatic heterocycles. The maximum Gasteiger partial charge on any atom is 0.288 e. The normalized spacial score (nSPS) is 18.4. The van der Waals surface area contributed by atoms with E-state index in [0.717, 1.165) is 25.9 Å². The van der Waals surface area contributed by atoms with Crippen molar-refractivity contribution in [2.24, 2.45) is 5.92 Å². The molecule has 0 bridgehead atoms. The Morgan fingerprint density at radius 3 is 2.95 bits per heavy atom. The number of amides is 1. The molecule has 1 aliphatic rings. The highest BCUT2D eigenvalue weighted by atomic mass is 32.2. The number of rotatable bonds is 6. The fourth-order valence-electron chi connectivity index (χ4n) is 2.28. The number of thioether (sulfide) groups is 1. The van der Waals surface area contributed by atoms with Crippen molar-refractivity contribution in [3.05, 3.63) is 24.3 Å². The van der Waals surface area contributed by atoms with Crippen LogP contribution in [0.15, 0.2) is 29.2 Å². The van der Waals surface area contributed by atoms with Gasteiger partial charge in [-0.25, -0.2) is 0 Å². The minimum Gasteiger partial charge on any atom is -0.325 e. The molecule has 3 nitrogen and oxygen atoms in total. The largest absolute Gasteiger partial charge is 0.325 e. The zero-order valence-electron chi connectivity index (χ0n) is 11.1. The van der Waals surface area contributed by atoms with E-state index in [1.54, 1.807) is 24.3 Å². The number of alkyl halides is 2. The molecule has 2 N–H and O–H groups in total. The fraction of sp³-hybridized carbons (Fsp3) is 0.500. The summed E-state index contributed by atoms with van der Waals surface area (Å²) in [7, 11) is 0. The van der Waals surface area contributed by atoms with Crippen LogP contribution in [0.2, 0.25) is 0 Å². The molecule has 0 saturated carbocycles. The van der Waals surface area contributed by atoms with Crippen molar-refractivity contribution in [1.29, 1.82) is 0 Å². The molecule has 0 radical (unpaired) electrons. The van der Waals surface area contributed by atoms with Gasteiger partial charge in [0, 0.05) is 11.3 Å². The number of hydrogen-bond donors (Lipinski definition) is 2. The topological polar surface area (TPSA) is 41.1 Å². The average molecular weight is 300 g/mol. The molecule has 1 aromatic carbocycles. The highest BCUT2D eigenvalue weighted by Gasteiger charge is 2.16. The standard InChI is InChI=1S/C14H18F2N2OS/c15-14(16)20-12-4-2-1-3-11(12)18-13(19)6-5-10-7-8-17-9-10/h1-4,10,14,17H,5-9H2,(H,18,19). The summed E-state index contributed by atoms with van der Waals surface area (Å²) in [6.07, 6.45) is 2.37. The second-order valence-electron chi connectivity index (χ2n) is 4.82. The van der Waals surface area contributed by atoms with Gasteiger partial charge >= 0.3 is 0 Å². The van der Waals surface area contributed by atoms with Gasteiger partial charge in [-0.3, -0.25) is 4.79 Å². The summed E-state index contributed by atoms with van der Waals surface area (Å²) in [5.74, 6) is -2.05.